The lowest BCUT2D eigenvalue weighted by Crippen LogP contribution is -2.16. The van der Waals surface area contributed by atoms with Crippen molar-refractivity contribution >= 4 is 19.1 Å². The second-order valence-corrected chi connectivity index (χ2v) is 10.3. The summed E-state index contributed by atoms with van der Waals surface area (Å²) in [6.07, 6.45) is 0. The molecule has 0 N–H and O–H groups in total. The number of aromatic nitrogens is 2. The Kier molecular flexibility index (Phi) is 3.03. The van der Waals surface area contributed by atoms with Gasteiger partial charge in [0, 0.05) is 13.1 Å². The minimum atomic E-state index is -1.49. The predicted molar refractivity (Wildman–Crippen MR) is 75.6 cm³/mol. The van der Waals surface area contributed by atoms with E-state index in [-0.39, 0.29) is 5.82 Å². The lowest BCUT2D eigenvalue weighted by atomic mass is 10.2. The van der Waals surface area contributed by atoms with Crippen molar-refractivity contribution in [2.75, 3.05) is 0 Å². The summed E-state index contributed by atoms with van der Waals surface area (Å²) in [5, 5.41) is 0. The van der Waals surface area contributed by atoms with Crippen LogP contribution in [0.2, 0.25) is 19.6 Å². The van der Waals surface area contributed by atoms with Gasteiger partial charge in [-0.3, -0.25) is 0 Å². The van der Waals surface area contributed by atoms with Crippen molar-refractivity contribution in [2.24, 2.45) is 7.05 Å². The Labute approximate surface area is 108 Å². The number of rotatable bonds is 0. The second kappa shape index (κ2) is 4.25. The summed E-state index contributed by atoms with van der Waals surface area (Å²) in [6.45, 7) is 8.33. The highest BCUT2D eigenvalue weighted by Gasteiger charge is 2.11. The van der Waals surface area contributed by atoms with Crippen LogP contribution < -0.4 is 0 Å². The second-order valence-electron chi connectivity index (χ2n) is 5.54. The van der Waals surface area contributed by atoms with Crippen LogP contribution in [0.1, 0.15) is 11.4 Å². The Hall–Kier alpha value is -1.60. The molecule has 0 bridgehead atoms. The molecule has 2 aromatic rings. The third kappa shape index (κ3) is 2.46. The molecule has 0 saturated heterocycles. The van der Waals surface area contributed by atoms with Gasteiger partial charge in [-0.2, -0.15) is 0 Å². The van der Waals surface area contributed by atoms with Crippen LogP contribution in [0, 0.1) is 24.2 Å². The molecule has 1 aromatic heterocycles. The van der Waals surface area contributed by atoms with Crippen LogP contribution in [-0.4, -0.2) is 17.6 Å². The third-order valence-corrected chi connectivity index (χ3v) is 3.64. The van der Waals surface area contributed by atoms with Gasteiger partial charge in [-0.05, 0) is 13.0 Å². The fourth-order valence-electron chi connectivity index (χ4n) is 1.68. The maximum atomic E-state index is 14.0. The Morgan fingerprint density at radius 3 is 2.56 bits per heavy atom. The summed E-state index contributed by atoms with van der Waals surface area (Å²) in [6, 6.07) is 3.26. The van der Waals surface area contributed by atoms with Crippen molar-refractivity contribution in [3.05, 3.63) is 29.3 Å². The van der Waals surface area contributed by atoms with Gasteiger partial charge in [0.05, 0.1) is 16.6 Å². The molecule has 0 saturated carbocycles. The molecule has 0 atom stereocenters. The van der Waals surface area contributed by atoms with Crippen LogP contribution in [-0.2, 0) is 7.05 Å². The van der Waals surface area contributed by atoms with E-state index < -0.39 is 8.07 Å². The number of hydrogen-bond acceptors (Lipinski definition) is 1. The Balaban J connectivity index is 2.59. The SMILES string of the molecule is Cc1nc2cc(C#C[Si](C)(C)C)c(F)cc2n1C. The van der Waals surface area contributed by atoms with E-state index in [0.29, 0.717) is 5.56 Å². The van der Waals surface area contributed by atoms with Crippen LogP contribution in [0.5, 0.6) is 0 Å². The molecule has 4 heteroatoms. The standard InChI is InChI=1S/C14H17FN2Si/c1-10-16-13-8-11(6-7-18(3,4)5)12(15)9-14(13)17(10)2/h8-9H,1-5H3. The molecule has 0 amide bonds. The molecule has 2 nitrogen and oxygen atoms in total. The molecule has 1 aromatic carbocycles. The van der Waals surface area contributed by atoms with Crippen LogP contribution >= 0.6 is 0 Å². The van der Waals surface area contributed by atoms with Gasteiger partial charge in [-0.15, -0.1) is 5.54 Å². The fraction of sp³-hybridized carbons (Fsp3) is 0.357. The van der Waals surface area contributed by atoms with E-state index in [2.05, 4.69) is 36.1 Å². The molecule has 0 spiro atoms. The van der Waals surface area contributed by atoms with Gasteiger partial charge in [-0.25, -0.2) is 9.37 Å². The molecule has 0 aliphatic heterocycles. The molecule has 1 heterocycles. The summed E-state index contributed by atoms with van der Waals surface area (Å²) in [5.74, 6) is 3.57. The Bertz CT molecular complexity index is 669. The number of halogens is 1. The van der Waals surface area contributed by atoms with E-state index in [1.165, 1.54) is 6.07 Å². The highest BCUT2D eigenvalue weighted by atomic mass is 28.3. The van der Waals surface area contributed by atoms with Gasteiger partial charge in [0.15, 0.2) is 0 Å². The fourth-order valence-corrected chi connectivity index (χ4v) is 2.19. The van der Waals surface area contributed by atoms with Crippen LogP contribution in [0.3, 0.4) is 0 Å². The van der Waals surface area contributed by atoms with E-state index in [4.69, 9.17) is 0 Å². The first kappa shape index (κ1) is 12.8. The first-order valence-corrected chi connectivity index (χ1v) is 9.44. The van der Waals surface area contributed by atoms with E-state index in [9.17, 15) is 4.39 Å². The molecule has 0 aliphatic carbocycles. The van der Waals surface area contributed by atoms with Crippen molar-refractivity contribution in [3.8, 4) is 11.5 Å². The molecule has 18 heavy (non-hydrogen) atoms. The summed E-state index contributed by atoms with van der Waals surface area (Å²) >= 11 is 0. The van der Waals surface area contributed by atoms with Crippen LogP contribution in [0.25, 0.3) is 11.0 Å². The quantitative estimate of drug-likeness (QED) is 0.525. The van der Waals surface area contributed by atoms with Crippen molar-refractivity contribution in [2.45, 2.75) is 26.6 Å². The van der Waals surface area contributed by atoms with Gasteiger partial charge in [0.25, 0.3) is 0 Å². The first-order chi connectivity index (χ1) is 8.28. The number of imidazole rings is 1. The van der Waals surface area contributed by atoms with Gasteiger partial charge in [0.2, 0.25) is 0 Å². The van der Waals surface area contributed by atoms with Gasteiger partial charge in [-0.1, -0.05) is 25.6 Å². The van der Waals surface area contributed by atoms with E-state index in [1.54, 1.807) is 6.07 Å². The van der Waals surface area contributed by atoms with E-state index >= 15 is 0 Å². The van der Waals surface area contributed by atoms with Crippen molar-refractivity contribution < 1.29 is 4.39 Å². The summed E-state index contributed by atoms with van der Waals surface area (Å²) in [4.78, 5) is 4.40. The summed E-state index contributed by atoms with van der Waals surface area (Å²) < 4.78 is 15.8. The van der Waals surface area contributed by atoms with Gasteiger partial charge >= 0.3 is 0 Å². The highest BCUT2D eigenvalue weighted by molar-refractivity contribution is 6.83. The lowest BCUT2D eigenvalue weighted by Gasteiger charge is -2.04. The number of aryl methyl sites for hydroxylation is 2. The van der Waals surface area contributed by atoms with Crippen molar-refractivity contribution in [3.63, 3.8) is 0 Å². The van der Waals surface area contributed by atoms with Crippen LogP contribution in [0.4, 0.5) is 4.39 Å². The maximum Gasteiger partial charge on any atom is 0.141 e. The maximum absolute atomic E-state index is 14.0. The molecule has 0 aliphatic rings. The van der Waals surface area contributed by atoms with Gasteiger partial charge in [0.1, 0.15) is 19.7 Å². The molecule has 94 valence electrons. The zero-order valence-corrected chi connectivity index (χ0v) is 12.4. The number of fused-ring (bicyclic) bond motifs is 1. The van der Waals surface area contributed by atoms with Crippen molar-refractivity contribution in [1.82, 2.24) is 9.55 Å². The average Bonchev–Trinajstić information content (AvgIpc) is 2.51. The average molecular weight is 260 g/mol. The van der Waals surface area contributed by atoms with E-state index in [0.717, 1.165) is 16.9 Å². The Morgan fingerprint density at radius 2 is 1.94 bits per heavy atom. The Morgan fingerprint density at radius 1 is 1.28 bits per heavy atom. The predicted octanol–water partition coefficient (Wildman–Crippen LogP) is 3.25. The molecule has 0 unspecified atom stereocenters. The highest BCUT2D eigenvalue weighted by Crippen LogP contribution is 2.19. The zero-order valence-electron chi connectivity index (χ0n) is 11.4. The zero-order chi connectivity index (χ0) is 13.5. The largest absolute Gasteiger partial charge is 0.331 e. The minimum absolute atomic E-state index is 0.267. The monoisotopic (exact) mass is 260 g/mol. The van der Waals surface area contributed by atoms with Crippen molar-refractivity contribution in [1.29, 1.82) is 0 Å². The first-order valence-electron chi connectivity index (χ1n) is 5.94. The molecule has 0 radical (unpaired) electrons. The lowest BCUT2D eigenvalue weighted by molar-refractivity contribution is 0.625. The van der Waals surface area contributed by atoms with E-state index in [1.807, 2.05) is 18.5 Å². The number of hydrogen-bond donors (Lipinski definition) is 0. The topological polar surface area (TPSA) is 17.8 Å². The molecular formula is C14H17FN2Si. The molecular weight excluding hydrogens is 243 g/mol. The summed E-state index contributed by atoms with van der Waals surface area (Å²) in [5.41, 5.74) is 5.24. The number of nitrogens with zero attached hydrogens (tertiary/aromatic N) is 2. The van der Waals surface area contributed by atoms with Gasteiger partial charge < -0.3 is 4.57 Å². The smallest absolute Gasteiger partial charge is 0.141 e. The van der Waals surface area contributed by atoms with Crippen LogP contribution in [0.15, 0.2) is 12.1 Å². The molecule has 2 rings (SSSR count). The number of benzene rings is 1. The summed E-state index contributed by atoms with van der Waals surface area (Å²) in [7, 11) is 0.397. The normalized spacial score (nSPS) is 11.4. The molecule has 0 fully saturated rings. The minimum Gasteiger partial charge on any atom is -0.331 e. The third-order valence-electron chi connectivity index (χ3n) is 2.77.